The van der Waals surface area contributed by atoms with Crippen LogP contribution in [0.3, 0.4) is 0 Å². The Hall–Kier alpha value is -2.49. The lowest BCUT2D eigenvalue weighted by Crippen LogP contribution is -2.38. The van der Waals surface area contributed by atoms with E-state index in [1.54, 1.807) is 14.2 Å². The molecule has 0 radical (unpaired) electrons. The van der Waals surface area contributed by atoms with Crippen LogP contribution >= 0.6 is 0 Å². The highest BCUT2D eigenvalue weighted by atomic mass is 16.5. The molecule has 1 aliphatic carbocycles. The molecule has 132 valence electrons. The first kappa shape index (κ1) is 17.3. The zero-order valence-electron chi connectivity index (χ0n) is 15.1. The van der Waals surface area contributed by atoms with Gasteiger partial charge < -0.3 is 14.8 Å². The van der Waals surface area contributed by atoms with Crippen molar-refractivity contribution >= 4 is 11.6 Å². The van der Waals surface area contributed by atoms with Crippen LogP contribution in [-0.4, -0.2) is 20.1 Å². The van der Waals surface area contributed by atoms with Crippen LogP contribution in [0.15, 0.2) is 42.5 Å². The molecule has 0 unspecified atom stereocenters. The highest BCUT2D eigenvalue weighted by Gasteiger charge is 2.43. The molecule has 25 heavy (non-hydrogen) atoms. The number of hydrogen-bond acceptors (Lipinski definition) is 3. The Bertz CT molecular complexity index is 763. The monoisotopic (exact) mass is 339 g/mol. The van der Waals surface area contributed by atoms with Crippen molar-refractivity contribution in [2.24, 2.45) is 0 Å². The number of para-hydroxylation sites is 1. The van der Waals surface area contributed by atoms with Crippen molar-refractivity contribution in [3.8, 4) is 11.5 Å². The lowest BCUT2D eigenvalue weighted by atomic mass is 9.77. The number of aryl methyl sites for hydroxylation is 1. The largest absolute Gasteiger partial charge is 0.493 e. The molecule has 1 fully saturated rings. The smallest absolute Gasteiger partial charge is 0.235 e. The molecule has 0 bridgehead atoms. The van der Waals surface area contributed by atoms with Crippen molar-refractivity contribution in [3.05, 3.63) is 53.6 Å². The maximum Gasteiger partial charge on any atom is 0.235 e. The van der Waals surface area contributed by atoms with Crippen LogP contribution in [0.2, 0.25) is 0 Å². The first-order chi connectivity index (χ1) is 12.1. The number of carbonyl (C=O) groups excluding carboxylic acids is 1. The zero-order chi connectivity index (χ0) is 17.9. The fraction of sp³-hybridized carbons (Fsp3) is 0.381. The minimum absolute atomic E-state index is 0.0616. The number of hydrogen-bond donors (Lipinski definition) is 1. The summed E-state index contributed by atoms with van der Waals surface area (Å²) in [4.78, 5) is 13.3. The topological polar surface area (TPSA) is 47.6 Å². The molecule has 3 rings (SSSR count). The quantitative estimate of drug-likeness (QED) is 0.875. The third kappa shape index (κ3) is 3.21. The average Bonchev–Trinajstić information content (AvgIpc) is 3.14. The van der Waals surface area contributed by atoms with E-state index in [0.29, 0.717) is 11.5 Å². The van der Waals surface area contributed by atoms with Crippen LogP contribution in [0.25, 0.3) is 0 Å². The molecule has 0 heterocycles. The Labute approximate surface area is 149 Å². The second kappa shape index (κ2) is 7.18. The van der Waals surface area contributed by atoms with Gasteiger partial charge in [-0.3, -0.25) is 4.79 Å². The molecule has 0 atom stereocenters. The van der Waals surface area contributed by atoms with E-state index in [1.807, 2.05) is 49.4 Å². The molecule has 2 aromatic rings. The Balaban J connectivity index is 1.97. The lowest BCUT2D eigenvalue weighted by molar-refractivity contribution is -0.121. The third-order valence-electron chi connectivity index (χ3n) is 5.22. The normalized spacial score (nSPS) is 15.6. The van der Waals surface area contributed by atoms with Gasteiger partial charge in [-0.05, 0) is 49.1 Å². The maximum absolute atomic E-state index is 13.3. The van der Waals surface area contributed by atoms with E-state index >= 15 is 0 Å². The van der Waals surface area contributed by atoms with Crippen molar-refractivity contribution in [2.45, 2.75) is 38.0 Å². The maximum atomic E-state index is 13.3. The summed E-state index contributed by atoms with van der Waals surface area (Å²) in [5.41, 5.74) is 2.42. The molecular formula is C21H25NO3. The van der Waals surface area contributed by atoms with Crippen LogP contribution in [0, 0.1) is 6.92 Å². The van der Waals surface area contributed by atoms with Gasteiger partial charge in [0.25, 0.3) is 0 Å². The first-order valence-electron chi connectivity index (χ1n) is 8.70. The summed E-state index contributed by atoms with van der Waals surface area (Å²) in [7, 11) is 3.24. The average molecular weight is 339 g/mol. The van der Waals surface area contributed by atoms with E-state index in [9.17, 15) is 4.79 Å². The highest BCUT2D eigenvalue weighted by Crippen LogP contribution is 2.44. The van der Waals surface area contributed by atoms with Gasteiger partial charge in [0.15, 0.2) is 11.5 Å². The van der Waals surface area contributed by atoms with Crippen LogP contribution in [0.5, 0.6) is 11.5 Å². The standard InChI is InChI=1S/C21H25NO3/c1-15-8-4-5-9-17(15)22-20(23)21(12-6-7-13-21)16-10-11-18(24-2)19(14-16)25-3/h4-5,8-11,14H,6-7,12-13H2,1-3H3,(H,22,23). The van der Waals surface area contributed by atoms with Gasteiger partial charge in [-0.1, -0.05) is 37.1 Å². The van der Waals surface area contributed by atoms with E-state index in [4.69, 9.17) is 9.47 Å². The van der Waals surface area contributed by atoms with Crippen molar-refractivity contribution in [3.63, 3.8) is 0 Å². The molecule has 1 amide bonds. The molecular weight excluding hydrogens is 314 g/mol. The number of ether oxygens (including phenoxy) is 2. The second-order valence-corrected chi connectivity index (χ2v) is 6.63. The summed E-state index contributed by atoms with van der Waals surface area (Å²) < 4.78 is 10.8. The van der Waals surface area contributed by atoms with Crippen LogP contribution in [0.1, 0.15) is 36.8 Å². The SMILES string of the molecule is COc1ccc(C2(C(=O)Nc3ccccc3C)CCCC2)cc1OC. The fourth-order valence-electron chi connectivity index (χ4n) is 3.71. The molecule has 0 saturated heterocycles. The highest BCUT2D eigenvalue weighted by molar-refractivity contribution is 6.00. The predicted octanol–water partition coefficient (Wildman–Crippen LogP) is 4.46. The van der Waals surface area contributed by atoms with Crippen LogP contribution in [-0.2, 0) is 10.2 Å². The molecule has 0 aromatic heterocycles. The number of methoxy groups -OCH3 is 2. The summed E-state index contributed by atoms with van der Waals surface area (Å²) >= 11 is 0. The van der Waals surface area contributed by atoms with Crippen molar-refractivity contribution in [2.75, 3.05) is 19.5 Å². The molecule has 1 N–H and O–H groups in total. The van der Waals surface area contributed by atoms with E-state index in [2.05, 4.69) is 5.32 Å². The third-order valence-corrected chi connectivity index (χ3v) is 5.22. The van der Waals surface area contributed by atoms with Crippen LogP contribution in [0.4, 0.5) is 5.69 Å². The van der Waals surface area contributed by atoms with Gasteiger partial charge in [-0.15, -0.1) is 0 Å². The van der Waals surface area contributed by atoms with E-state index < -0.39 is 5.41 Å². The Morgan fingerprint density at radius 2 is 1.68 bits per heavy atom. The fourth-order valence-corrected chi connectivity index (χ4v) is 3.71. The molecule has 4 nitrogen and oxygen atoms in total. The van der Waals surface area contributed by atoms with Gasteiger partial charge in [0.2, 0.25) is 5.91 Å². The van der Waals surface area contributed by atoms with Gasteiger partial charge in [0.1, 0.15) is 0 Å². The zero-order valence-corrected chi connectivity index (χ0v) is 15.1. The van der Waals surface area contributed by atoms with E-state index in [1.165, 1.54) is 0 Å². The van der Waals surface area contributed by atoms with Crippen molar-refractivity contribution in [1.29, 1.82) is 0 Å². The van der Waals surface area contributed by atoms with Crippen LogP contribution < -0.4 is 14.8 Å². The molecule has 2 aromatic carbocycles. The molecule has 1 saturated carbocycles. The minimum atomic E-state index is -0.512. The van der Waals surface area contributed by atoms with Gasteiger partial charge in [0, 0.05) is 5.69 Å². The molecule has 0 spiro atoms. The predicted molar refractivity (Wildman–Crippen MR) is 99.5 cm³/mol. The molecule has 1 aliphatic rings. The van der Waals surface area contributed by atoms with E-state index in [-0.39, 0.29) is 5.91 Å². The summed E-state index contributed by atoms with van der Waals surface area (Å²) in [5, 5.41) is 3.15. The minimum Gasteiger partial charge on any atom is -0.493 e. The van der Waals surface area contributed by atoms with Gasteiger partial charge >= 0.3 is 0 Å². The number of carbonyl (C=O) groups is 1. The first-order valence-corrected chi connectivity index (χ1v) is 8.70. The van der Waals surface area contributed by atoms with E-state index in [0.717, 1.165) is 42.5 Å². The molecule has 0 aliphatic heterocycles. The number of nitrogens with one attached hydrogen (secondary N) is 1. The number of anilines is 1. The second-order valence-electron chi connectivity index (χ2n) is 6.63. The lowest BCUT2D eigenvalue weighted by Gasteiger charge is -2.29. The number of benzene rings is 2. The number of amides is 1. The van der Waals surface area contributed by atoms with Gasteiger partial charge in [0.05, 0.1) is 19.6 Å². The Morgan fingerprint density at radius 3 is 2.32 bits per heavy atom. The van der Waals surface area contributed by atoms with Gasteiger partial charge in [-0.2, -0.15) is 0 Å². The van der Waals surface area contributed by atoms with Crippen molar-refractivity contribution in [1.82, 2.24) is 0 Å². The molecule has 4 heteroatoms. The Morgan fingerprint density at radius 1 is 1.00 bits per heavy atom. The Kier molecular flexibility index (Phi) is 4.98. The van der Waals surface area contributed by atoms with Gasteiger partial charge in [-0.25, -0.2) is 0 Å². The summed E-state index contributed by atoms with van der Waals surface area (Å²) in [6, 6.07) is 13.7. The number of rotatable bonds is 5. The van der Waals surface area contributed by atoms with Crippen molar-refractivity contribution < 1.29 is 14.3 Å². The summed E-state index contributed by atoms with van der Waals surface area (Å²) in [6.45, 7) is 2.01. The summed E-state index contributed by atoms with van der Waals surface area (Å²) in [6.07, 6.45) is 3.80. The summed E-state index contributed by atoms with van der Waals surface area (Å²) in [5.74, 6) is 1.40.